The summed E-state index contributed by atoms with van der Waals surface area (Å²) in [6.07, 6.45) is 0. The fourth-order valence-corrected chi connectivity index (χ4v) is 2.54. The van der Waals surface area contributed by atoms with Crippen LogP contribution in [0.1, 0.15) is 15.9 Å². The van der Waals surface area contributed by atoms with E-state index in [0.29, 0.717) is 5.56 Å². The number of methoxy groups -OCH3 is 1. The Balaban J connectivity index is 2.35. The van der Waals surface area contributed by atoms with Crippen LogP contribution in [0, 0.1) is 0 Å². The minimum absolute atomic E-state index is 0.0320. The first kappa shape index (κ1) is 11.4. The summed E-state index contributed by atoms with van der Waals surface area (Å²) in [5.74, 6) is 0.756. The molecule has 0 bridgehead atoms. The van der Waals surface area contributed by atoms with Gasteiger partial charge in [-0.2, -0.15) is 11.3 Å². The third-order valence-electron chi connectivity index (χ3n) is 2.20. The van der Waals surface area contributed by atoms with Crippen LogP contribution < -0.4 is 4.74 Å². The van der Waals surface area contributed by atoms with E-state index in [2.05, 4.69) is 15.9 Å². The van der Waals surface area contributed by atoms with Crippen molar-refractivity contribution >= 4 is 33.0 Å². The Bertz CT molecular complexity index is 506. The Kier molecular flexibility index (Phi) is 3.41. The van der Waals surface area contributed by atoms with E-state index in [4.69, 9.17) is 4.74 Å². The average molecular weight is 297 g/mol. The molecule has 0 fully saturated rings. The molecule has 0 aliphatic rings. The zero-order valence-corrected chi connectivity index (χ0v) is 11.0. The van der Waals surface area contributed by atoms with Crippen molar-refractivity contribution in [3.63, 3.8) is 0 Å². The van der Waals surface area contributed by atoms with Gasteiger partial charge in [0.1, 0.15) is 5.75 Å². The molecule has 0 spiro atoms. The lowest BCUT2D eigenvalue weighted by atomic mass is 10.1. The number of carbonyl (C=O) groups is 1. The Morgan fingerprint density at radius 3 is 2.69 bits per heavy atom. The second kappa shape index (κ2) is 4.80. The van der Waals surface area contributed by atoms with Gasteiger partial charge in [0.25, 0.3) is 0 Å². The highest BCUT2D eigenvalue weighted by Crippen LogP contribution is 2.26. The van der Waals surface area contributed by atoms with Gasteiger partial charge >= 0.3 is 0 Å². The van der Waals surface area contributed by atoms with Crippen molar-refractivity contribution < 1.29 is 9.53 Å². The van der Waals surface area contributed by atoms with E-state index in [0.717, 1.165) is 15.8 Å². The number of hydrogen-bond acceptors (Lipinski definition) is 3. The number of carbonyl (C=O) groups excluding carboxylic acids is 1. The molecule has 0 N–H and O–H groups in total. The summed E-state index contributed by atoms with van der Waals surface area (Å²) >= 11 is 4.88. The Morgan fingerprint density at radius 1 is 1.31 bits per heavy atom. The summed E-state index contributed by atoms with van der Waals surface area (Å²) in [7, 11) is 1.60. The molecule has 0 amide bonds. The third kappa shape index (κ3) is 2.18. The van der Waals surface area contributed by atoms with E-state index in [1.54, 1.807) is 25.3 Å². The number of ketones is 1. The molecule has 0 aliphatic carbocycles. The molecule has 2 nitrogen and oxygen atoms in total. The first-order valence-electron chi connectivity index (χ1n) is 4.63. The van der Waals surface area contributed by atoms with Crippen LogP contribution in [0.15, 0.2) is 39.5 Å². The summed E-state index contributed by atoms with van der Waals surface area (Å²) in [6.45, 7) is 0. The Labute approximate surface area is 106 Å². The van der Waals surface area contributed by atoms with Crippen LogP contribution in [0.3, 0.4) is 0 Å². The molecule has 0 radical (unpaired) electrons. The molecule has 0 aliphatic heterocycles. The molecule has 0 unspecified atom stereocenters. The maximum absolute atomic E-state index is 12.0. The normalized spacial score (nSPS) is 10.1. The fourth-order valence-electron chi connectivity index (χ4n) is 1.37. The van der Waals surface area contributed by atoms with Crippen LogP contribution in [0.25, 0.3) is 0 Å². The van der Waals surface area contributed by atoms with Gasteiger partial charge in [-0.25, -0.2) is 0 Å². The van der Waals surface area contributed by atoms with Gasteiger partial charge in [-0.3, -0.25) is 4.79 Å². The lowest BCUT2D eigenvalue weighted by Gasteiger charge is -2.04. The fraction of sp³-hybridized carbons (Fsp3) is 0.0833. The molecule has 1 aromatic carbocycles. The van der Waals surface area contributed by atoms with Gasteiger partial charge in [0.05, 0.1) is 11.6 Å². The maximum atomic E-state index is 12.0. The van der Waals surface area contributed by atoms with Crippen molar-refractivity contribution in [3.05, 3.63) is 50.6 Å². The van der Waals surface area contributed by atoms with Crippen molar-refractivity contribution in [2.45, 2.75) is 0 Å². The standard InChI is InChI=1S/C12H9BrO2S/c1-15-11-3-2-8(6-10(11)13)12(14)9-4-5-16-7-9/h2-7H,1H3. The highest BCUT2D eigenvalue weighted by molar-refractivity contribution is 9.10. The van der Waals surface area contributed by atoms with Gasteiger partial charge in [0.2, 0.25) is 0 Å². The highest BCUT2D eigenvalue weighted by Gasteiger charge is 2.11. The predicted octanol–water partition coefficient (Wildman–Crippen LogP) is 3.75. The smallest absolute Gasteiger partial charge is 0.193 e. The minimum atomic E-state index is 0.0320. The van der Waals surface area contributed by atoms with E-state index in [1.807, 2.05) is 16.8 Å². The molecule has 1 heterocycles. The molecule has 16 heavy (non-hydrogen) atoms. The second-order valence-corrected chi connectivity index (χ2v) is 4.82. The van der Waals surface area contributed by atoms with Crippen LogP contribution in [0.2, 0.25) is 0 Å². The zero-order chi connectivity index (χ0) is 11.5. The summed E-state index contributed by atoms with van der Waals surface area (Å²) < 4.78 is 5.90. The summed E-state index contributed by atoms with van der Waals surface area (Å²) in [4.78, 5) is 12.0. The van der Waals surface area contributed by atoms with Crippen molar-refractivity contribution in [2.75, 3.05) is 7.11 Å². The molecule has 0 saturated carbocycles. The highest BCUT2D eigenvalue weighted by atomic mass is 79.9. The van der Waals surface area contributed by atoms with Crippen LogP contribution in [0.4, 0.5) is 0 Å². The van der Waals surface area contributed by atoms with E-state index in [-0.39, 0.29) is 5.78 Å². The monoisotopic (exact) mass is 296 g/mol. The van der Waals surface area contributed by atoms with E-state index >= 15 is 0 Å². The number of thiophene rings is 1. The van der Waals surface area contributed by atoms with Crippen molar-refractivity contribution in [2.24, 2.45) is 0 Å². The van der Waals surface area contributed by atoms with Gasteiger partial charge in [0, 0.05) is 16.5 Å². The van der Waals surface area contributed by atoms with Crippen molar-refractivity contribution in [1.29, 1.82) is 0 Å². The van der Waals surface area contributed by atoms with E-state index < -0.39 is 0 Å². The van der Waals surface area contributed by atoms with Crippen molar-refractivity contribution in [3.8, 4) is 5.75 Å². The molecule has 82 valence electrons. The van der Waals surface area contributed by atoms with E-state index in [1.165, 1.54) is 11.3 Å². The minimum Gasteiger partial charge on any atom is -0.496 e. The molecular weight excluding hydrogens is 288 g/mol. The van der Waals surface area contributed by atoms with Crippen molar-refractivity contribution in [1.82, 2.24) is 0 Å². The van der Waals surface area contributed by atoms with E-state index in [9.17, 15) is 4.79 Å². The SMILES string of the molecule is COc1ccc(C(=O)c2ccsc2)cc1Br. The van der Waals surface area contributed by atoms with Gasteiger partial charge in [-0.1, -0.05) is 0 Å². The molecule has 2 rings (SSSR count). The lowest BCUT2D eigenvalue weighted by Crippen LogP contribution is -1.99. The second-order valence-electron chi connectivity index (χ2n) is 3.19. The molecule has 0 saturated heterocycles. The quantitative estimate of drug-likeness (QED) is 0.807. The molecule has 2 aromatic rings. The summed E-state index contributed by atoms with van der Waals surface area (Å²) in [5.41, 5.74) is 1.38. The number of rotatable bonds is 3. The average Bonchev–Trinajstić information content (AvgIpc) is 2.81. The summed E-state index contributed by atoms with van der Waals surface area (Å²) in [6, 6.07) is 7.15. The number of hydrogen-bond donors (Lipinski definition) is 0. The molecule has 1 aromatic heterocycles. The molecular formula is C12H9BrO2S. The zero-order valence-electron chi connectivity index (χ0n) is 8.57. The number of benzene rings is 1. The third-order valence-corrected chi connectivity index (χ3v) is 3.50. The predicted molar refractivity (Wildman–Crippen MR) is 68.4 cm³/mol. The molecule has 0 atom stereocenters. The number of halogens is 1. The van der Waals surface area contributed by atoms with Gasteiger partial charge in [-0.05, 0) is 45.6 Å². The van der Waals surface area contributed by atoms with Gasteiger partial charge in [0.15, 0.2) is 5.78 Å². The van der Waals surface area contributed by atoms with Gasteiger partial charge in [-0.15, -0.1) is 0 Å². The Hall–Kier alpha value is -1.13. The summed E-state index contributed by atoms with van der Waals surface area (Å²) in [5, 5.41) is 3.74. The maximum Gasteiger partial charge on any atom is 0.193 e. The largest absolute Gasteiger partial charge is 0.496 e. The number of ether oxygens (including phenoxy) is 1. The topological polar surface area (TPSA) is 26.3 Å². The first-order chi connectivity index (χ1) is 7.72. The van der Waals surface area contributed by atoms with Gasteiger partial charge < -0.3 is 4.74 Å². The van der Waals surface area contributed by atoms with Crippen LogP contribution in [0.5, 0.6) is 5.75 Å². The van der Waals surface area contributed by atoms with Crippen LogP contribution in [-0.4, -0.2) is 12.9 Å². The Morgan fingerprint density at radius 2 is 2.12 bits per heavy atom. The lowest BCUT2D eigenvalue weighted by molar-refractivity contribution is 0.103. The van der Waals surface area contributed by atoms with Crippen LogP contribution >= 0.6 is 27.3 Å². The van der Waals surface area contributed by atoms with Crippen LogP contribution in [-0.2, 0) is 0 Å². The first-order valence-corrected chi connectivity index (χ1v) is 6.36. The molecule has 4 heteroatoms.